The van der Waals surface area contributed by atoms with Crippen molar-refractivity contribution in [1.82, 2.24) is 4.57 Å². The Morgan fingerprint density at radius 1 is 1.00 bits per heavy atom. The van der Waals surface area contributed by atoms with Crippen molar-refractivity contribution in [2.75, 3.05) is 5.32 Å². The number of nitrogens with one attached hydrogen (secondary N) is 1. The molecular formula is C25H24Cl2N2O4. The number of pyridine rings is 1. The van der Waals surface area contributed by atoms with E-state index in [1.165, 1.54) is 10.6 Å². The van der Waals surface area contributed by atoms with E-state index in [4.69, 9.17) is 27.9 Å². The first-order valence-electron chi connectivity index (χ1n) is 10.3. The summed E-state index contributed by atoms with van der Waals surface area (Å²) in [5.41, 5.74) is 1.16. The minimum atomic E-state index is -0.771. The molecule has 0 radical (unpaired) electrons. The summed E-state index contributed by atoms with van der Waals surface area (Å²) in [7, 11) is 0. The van der Waals surface area contributed by atoms with Gasteiger partial charge in [-0.15, -0.1) is 0 Å². The maximum atomic E-state index is 12.7. The molecule has 8 heteroatoms. The third-order valence-corrected chi connectivity index (χ3v) is 5.34. The molecule has 1 amide bonds. The zero-order chi connectivity index (χ0) is 24.3. The average molecular weight is 487 g/mol. The fourth-order valence-electron chi connectivity index (χ4n) is 3.10. The number of rotatable bonds is 5. The number of hydrogen-bond donors (Lipinski definition) is 1. The highest BCUT2D eigenvalue weighted by atomic mass is 35.5. The third-order valence-electron chi connectivity index (χ3n) is 4.77. The van der Waals surface area contributed by atoms with Gasteiger partial charge in [0.1, 0.15) is 11.6 Å². The Hall–Kier alpha value is -3.09. The van der Waals surface area contributed by atoms with E-state index in [0.717, 1.165) is 0 Å². The number of benzene rings is 2. The molecule has 0 aliphatic heterocycles. The van der Waals surface area contributed by atoms with Crippen LogP contribution in [0.3, 0.4) is 0 Å². The predicted octanol–water partition coefficient (Wildman–Crippen LogP) is 5.98. The van der Waals surface area contributed by atoms with Crippen LogP contribution in [0.25, 0.3) is 11.1 Å². The summed E-state index contributed by atoms with van der Waals surface area (Å²) in [4.78, 5) is 37.6. The summed E-state index contributed by atoms with van der Waals surface area (Å²) in [6, 6.07) is 13.7. The molecule has 172 valence electrons. The molecule has 0 bridgehead atoms. The van der Waals surface area contributed by atoms with Crippen LogP contribution in [0.1, 0.15) is 44.1 Å². The monoisotopic (exact) mass is 486 g/mol. The molecule has 6 nitrogen and oxygen atoms in total. The number of esters is 1. The van der Waals surface area contributed by atoms with E-state index in [2.05, 4.69) is 5.32 Å². The standard InChI is InChI=1S/C25H24Cl2N2O4/c1-15(23(31)28-19-8-5-16(6-9-19)24(32)33-25(2,3)4)29-12-11-17(13-22(29)30)20-14-18(26)7-10-21(20)27/h5-15H,1-4H3,(H,28,31)/t15-/m1/s1. The van der Waals surface area contributed by atoms with Crippen molar-refractivity contribution in [2.45, 2.75) is 39.3 Å². The van der Waals surface area contributed by atoms with Crippen molar-refractivity contribution in [3.05, 3.63) is 86.8 Å². The van der Waals surface area contributed by atoms with Crippen LogP contribution in [0.5, 0.6) is 0 Å². The van der Waals surface area contributed by atoms with Gasteiger partial charge in [0, 0.05) is 33.6 Å². The van der Waals surface area contributed by atoms with Crippen molar-refractivity contribution in [3.8, 4) is 11.1 Å². The van der Waals surface area contributed by atoms with E-state index in [-0.39, 0.29) is 11.5 Å². The fraction of sp³-hybridized carbons (Fsp3) is 0.240. The van der Waals surface area contributed by atoms with Crippen molar-refractivity contribution in [1.29, 1.82) is 0 Å². The van der Waals surface area contributed by atoms with Crippen LogP contribution in [0, 0.1) is 0 Å². The molecule has 1 atom stereocenters. The highest BCUT2D eigenvalue weighted by molar-refractivity contribution is 6.35. The molecule has 1 aromatic heterocycles. The van der Waals surface area contributed by atoms with Crippen LogP contribution < -0.4 is 10.9 Å². The highest BCUT2D eigenvalue weighted by Gasteiger charge is 2.19. The van der Waals surface area contributed by atoms with Crippen LogP contribution >= 0.6 is 23.2 Å². The van der Waals surface area contributed by atoms with Crippen LogP contribution in [0.2, 0.25) is 10.0 Å². The second kappa shape index (κ2) is 9.81. The first kappa shape index (κ1) is 24.6. The molecule has 1 N–H and O–H groups in total. The topological polar surface area (TPSA) is 77.4 Å². The number of carbonyl (C=O) groups excluding carboxylic acids is 2. The van der Waals surface area contributed by atoms with Crippen LogP contribution in [-0.2, 0) is 9.53 Å². The number of nitrogens with zero attached hydrogens (tertiary/aromatic N) is 1. The Balaban J connectivity index is 1.73. The zero-order valence-electron chi connectivity index (χ0n) is 18.7. The predicted molar refractivity (Wildman–Crippen MR) is 131 cm³/mol. The normalized spacial score (nSPS) is 12.2. The smallest absolute Gasteiger partial charge is 0.338 e. The SMILES string of the molecule is C[C@H](C(=O)Nc1ccc(C(=O)OC(C)(C)C)cc1)n1ccc(-c2cc(Cl)ccc2Cl)cc1=O. The molecule has 0 saturated heterocycles. The zero-order valence-corrected chi connectivity index (χ0v) is 20.2. The lowest BCUT2D eigenvalue weighted by Gasteiger charge is -2.19. The summed E-state index contributed by atoms with van der Waals surface area (Å²) in [5.74, 6) is -0.823. The van der Waals surface area contributed by atoms with Gasteiger partial charge in [-0.2, -0.15) is 0 Å². The largest absolute Gasteiger partial charge is 0.456 e. The molecule has 0 spiro atoms. The van der Waals surface area contributed by atoms with Gasteiger partial charge in [-0.05, 0) is 81.8 Å². The van der Waals surface area contributed by atoms with E-state index in [9.17, 15) is 14.4 Å². The first-order chi connectivity index (χ1) is 15.4. The molecular weight excluding hydrogens is 463 g/mol. The van der Waals surface area contributed by atoms with E-state index in [1.807, 2.05) is 0 Å². The lowest BCUT2D eigenvalue weighted by Crippen LogP contribution is -2.31. The van der Waals surface area contributed by atoms with Crippen molar-refractivity contribution < 1.29 is 14.3 Å². The van der Waals surface area contributed by atoms with E-state index < -0.39 is 17.6 Å². The second-order valence-electron chi connectivity index (χ2n) is 8.53. The summed E-state index contributed by atoms with van der Waals surface area (Å²) in [5, 5.41) is 3.73. The van der Waals surface area contributed by atoms with Gasteiger partial charge in [-0.1, -0.05) is 23.2 Å². The van der Waals surface area contributed by atoms with Crippen LogP contribution in [-0.4, -0.2) is 22.0 Å². The summed E-state index contributed by atoms with van der Waals surface area (Å²) in [6.45, 7) is 6.99. The fourth-order valence-corrected chi connectivity index (χ4v) is 3.49. The van der Waals surface area contributed by atoms with Gasteiger partial charge < -0.3 is 14.6 Å². The maximum absolute atomic E-state index is 12.7. The van der Waals surface area contributed by atoms with E-state index in [0.29, 0.717) is 32.4 Å². The summed E-state index contributed by atoms with van der Waals surface area (Å²) in [6.07, 6.45) is 1.55. The van der Waals surface area contributed by atoms with Gasteiger partial charge in [0.05, 0.1) is 5.56 Å². The number of anilines is 1. The minimum Gasteiger partial charge on any atom is -0.456 e. The molecule has 33 heavy (non-hydrogen) atoms. The molecule has 3 rings (SSSR count). The van der Waals surface area contributed by atoms with Gasteiger partial charge in [-0.3, -0.25) is 9.59 Å². The Bertz CT molecular complexity index is 1240. The summed E-state index contributed by atoms with van der Waals surface area (Å²) < 4.78 is 6.66. The van der Waals surface area contributed by atoms with Crippen molar-refractivity contribution in [2.24, 2.45) is 0 Å². The lowest BCUT2D eigenvalue weighted by atomic mass is 10.1. The first-order valence-corrected chi connectivity index (χ1v) is 11.0. The van der Waals surface area contributed by atoms with Gasteiger partial charge in [0.25, 0.3) is 5.56 Å². The quantitative estimate of drug-likeness (QED) is 0.450. The molecule has 0 unspecified atom stereocenters. The lowest BCUT2D eigenvalue weighted by molar-refractivity contribution is -0.118. The van der Waals surface area contributed by atoms with Crippen molar-refractivity contribution >= 4 is 40.8 Å². The Morgan fingerprint density at radius 2 is 1.67 bits per heavy atom. The van der Waals surface area contributed by atoms with E-state index >= 15 is 0 Å². The van der Waals surface area contributed by atoms with Crippen LogP contribution in [0.15, 0.2) is 65.6 Å². The Kier molecular flexibility index (Phi) is 7.30. The maximum Gasteiger partial charge on any atom is 0.338 e. The number of ether oxygens (including phenoxy) is 1. The van der Waals surface area contributed by atoms with Gasteiger partial charge in [0.2, 0.25) is 5.91 Å². The number of amides is 1. The molecule has 0 fully saturated rings. The van der Waals surface area contributed by atoms with Crippen LogP contribution in [0.4, 0.5) is 5.69 Å². The number of aromatic nitrogens is 1. The van der Waals surface area contributed by atoms with Gasteiger partial charge in [0.15, 0.2) is 0 Å². The minimum absolute atomic E-state index is 0.355. The molecule has 1 heterocycles. The average Bonchev–Trinajstić information content (AvgIpc) is 2.74. The van der Waals surface area contributed by atoms with Gasteiger partial charge in [-0.25, -0.2) is 4.79 Å². The number of hydrogen-bond acceptors (Lipinski definition) is 4. The van der Waals surface area contributed by atoms with Crippen molar-refractivity contribution in [3.63, 3.8) is 0 Å². The molecule has 0 aliphatic rings. The third kappa shape index (κ3) is 6.24. The summed E-state index contributed by atoms with van der Waals surface area (Å²) >= 11 is 12.3. The Morgan fingerprint density at radius 3 is 2.27 bits per heavy atom. The van der Waals surface area contributed by atoms with E-state index in [1.54, 1.807) is 82.4 Å². The molecule has 0 saturated carbocycles. The number of halogens is 2. The number of carbonyl (C=O) groups is 2. The second-order valence-corrected chi connectivity index (χ2v) is 9.37. The highest BCUT2D eigenvalue weighted by Crippen LogP contribution is 2.30. The van der Waals surface area contributed by atoms with Gasteiger partial charge >= 0.3 is 5.97 Å². The molecule has 3 aromatic rings. The Labute approximate surface area is 202 Å². The molecule has 2 aromatic carbocycles. The molecule has 0 aliphatic carbocycles.